The molecule has 0 aromatic carbocycles. The topological polar surface area (TPSA) is 146 Å². The maximum Gasteiger partial charge on any atom is 0.335 e. The van der Waals surface area contributed by atoms with Gasteiger partial charge in [0.1, 0.15) is 0 Å². The molecule has 87 heavy (non-hydrogen) atoms. The number of carbonyl (C=O) groups excluding carboxylic acids is 4. The Kier molecular flexibility index (Phi) is 65.0. The zero-order valence-corrected chi connectivity index (χ0v) is 58.5. The van der Waals surface area contributed by atoms with Crippen molar-refractivity contribution in [1.29, 1.82) is 0 Å². The molecule has 0 aromatic heterocycles. The Morgan fingerprint density at radius 3 is 0.575 bits per heavy atom. The lowest BCUT2D eigenvalue weighted by atomic mass is 9.93. The van der Waals surface area contributed by atoms with E-state index in [4.69, 9.17) is 18.9 Å². The molecule has 516 valence electrons. The molecule has 0 saturated carbocycles. The van der Waals surface area contributed by atoms with E-state index in [0.29, 0.717) is 25.7 Å². The first kappa shape index (κ1) is 84.8. The van der Waals surface area contributed by atoms with Crippen molar-refractivity contribution in [2.24, 2.45) is 0 Å². The number of esters is 4. The summed E-state index contributed by atoms with van der Waals surface area (Å²) in [6.45, 7) is 6.14. The van der Waals surface area contributed by atoms with Crippen molar-refractivity contribution in [3.63, 3.8) is 0 Å². The minimum atomic E-state index is -2.62. The highest BCUT2D eigenvalue weighted by Gasteiger charge is 2.62. The number of ether oxygens (including phenoxy) is 4. The third kappa shape index (κ3) is 54.1. The monoisotopic (exact) mass is 1230 g/mol. The van der Waals surface area contributed by atoms with Crippen LogP contribution in [0.25, 0.3) is 0 Å². The second-order valence-corrected chi connectivity index (χ2v) is 26.9. The van der Waals surface area contributed by atoms with Gasteiger partial charge < -0.3 is 29.2 Å². The van der Waals surface area contributed by atoms with Gasteiger partial charge in [-0.3, -0.25) is 19.2 Å². The largest absolute Gasteiger partial charge is 0.457 e. The Hall–Kier alpha value is -2.20. The maximum absolute atomic E-state index is 14.1. The minimum Gasteiger partial charge on any atom is -0.457 e. The molecule has 10 nitrogen and oxygen atoms in total. The van der Waals surface area contributed by atoms with Gasteiger partial charge in [0, 0.05) is 25.7 Å². The van der Waals surface area contributed by atoms with E-state index in [1.807, 2.05) is 0 Å². The SMILES string of the molecule is CCCCCCCCCCCCCCCCCC(=O)OCC(OC(=O)CCCCCCCCCCCCCCCCC)(OC(=O)CCCCCCCCCCCCCCCCC)C(CO)(CO)OC(=O)CCCCCCCCCCCCCCCCC. The number of aliphatic hydroxyl groups is 2. The first-order valence-corrected chi connectivity index (χ1v) is 38.7. The van der Waals surface area contributed by atoms with Gasteiger partial charge in [-0.05, 0) is 25.7 Å². The van der Waals surface area contributed by atoms with E-state index in [2.05, 4.69) is 27.7 Å². The second-order valence-electron chi connectivity index (χ2n) is 26.9. The molecule has 0 saturated heterocycles. The molecule has 10 heteroatoms. The predicted octanol–water partition coefficient (Wildman–Crippen LogP) is 23.6. The van der Waals surface area contributed by atoms with Crippen LogP contribution in [0.4, 0.5) is 0 Å². The molecule has 0 atom stereocenters. The van der Waals surface area contributed by atoms with E-state index in [0.717, 1.165) is 96.3 Å². The van der Waals surface area contributed by atoms with Crippen LogP contribution in [-0.4, -0.2) is 65.3 Å². The molecule has 0 aliphatic heterocycles. The molecule has 0 rings (SSSR count). The highest BCUT2D eigenvalue weighted by molar-refractivity contribution is 5.74. The molecular weight excluding hydrogens is 1080 g/mol. The van der Waals surface area contributed by atoms with Gasteiger partial charge in [0.25, 0.3) is 0 Å². The molecule has 0 aliphatic carbocycles. The quantitative estimate of drug-likeness (QED) is 0.0261. The second kappa shape index (κ2) is 66.7. The van der Waals surface area contributed by atoms with Crippen molar-refractivity contribution >= 4 is 23.9 Å². The molecule has 0 aromatic rings. The molecule has 0 bridgehead atoms. The summed E-state index contributed by atoms with van der Waals surface area (Å²) in [7, 11) is 0. The first-order chi connectivity index (χ1) is 42.7. The fraction of sp³-hybridized carbons (Fsp3) is 0.948. The van der Waals surface area contributed by atoms with Gasteiger partial charge in [-0.2, -0.15) is 0 Å². The normalized spacial score (nSPS) is 11.8. The fourth-order valence-electron chi connectivity index (χ4n) is 12.4. The van der Waals surface area contributed by atoms with Gasteiger partial charge in [0.15, 0.2) is 6.61 Å². The summed E-state index contributed by atoms with van der Waals surface area (Å²) in [5.41, 5.74) is -2.44. The van der Waals surface area contributed by atoms with Crippen molar-refractivity contribution in [3.05, 3.63) is 0 Å². The van der Waals surface area contributed by atoms with E-state index in [1.54, 1.807) is 0 Å². The summed E-state index contributed by atoms with van der Waals surface area (Å²) in [4.78, 5) is 55.7. The number of aliphatic hydroxyl groups excluding tert-OH is 2. The Bertz CT molecular complexity index is 1420. The van der Waals surface area contributed by atoms with Crippen molar-refractivity contribution in [1.82, 2.24) is 0 Å². The summed E-state index contributed by atoms with van der Waals surface area (Å²) in [5.74, 6) is -5.41. The lowest BCUT2D eigenvalue weighted by Gasteiger charge is -2.44. The Morgan fingerprint density at radius 1 is 0.230 bits per heavy atom. The number of rotatable bonds is 72. The highest BCUT2D eigenvalue weighted by atomic mass is 16.8. The van der Waals surface area contributed by atoms with Crippen LogP contribution < -0.4 is 0 Å². The molecule has 0 spiro atoms. The van der Waals surface area contributed by atoms with Crippen molar-refractivity contribution in [2.45, 2.75) is 450 Å². The van der Waals surface area contributed by atoms with Crippen molar-refractivity contribution in [3.8, 4) is 0 Å². The van der Waals surface area contributed by atoms with Gasteiger partial charge in [0.05, 0.1) is 13.2 Å². The number of carbonyl (C=O) groups is 4. The van der Waals surface area contributed by atoms with Gasteiger partial charge in [-0.1, -0.05) is 387 Å². The fourth-order valence-corrected chi connectivity index (χ4v) is 12.4. The van der Waals surface area contributed by atoms with Gasteiger partial charge in [0.2, 0.25) is 5.60 Å². The Morgan fingerprint density at radius 2 is 0.391 bits per heavy atom. The van der Waals surface area contributed by atoms with Crippen molar-refractivity contribution in [2.75, 3.05) is 19.8 Å². The van der Waals surface area contributed by atoms with Crippen LogP contribution in [0, 0.1) is 0 Å². The standard InChI is InChI=1S/C77H148O10/c1-5-9-13-17-21-25-29-33-37-41-45-49-53-57-61-65-72(80)84-71-77(86-74(82)67-63-59-55-51-47-43-39-35-31-27-23-19-15-11-7-3,87-75(83)68-64-60-56-52-48-44-40-36-32-28-24-20-16-12-8-4)76(69-78,70-79)85-73(81)66-62-58-54-50-46-42-38-34-30-26-22-18-14-10-6-2/h78-79H,5-71H2,1-4H3. The summed E-state index contributed by atoms with van der Waals surface area (Å²) in [6.07, 6.45) is 71.0. The predicted molar refractivity (Wildman–Crippen MR) is 367 cm³/mol. The number of hydrogen-bond acceptors (Lipinski definition) is 10. The van der Waals surface area contributed by atoms with Crippen LogP contribution in [0.1, 0.15) is 439 Å². The average molecular weight is 1230 g/mol. The van der Waals surface area contributed by atoms with Gasteiger partial charge >= 0.3 is 29.7 Å². The Labute approximate surface area is 539 Å². The lowest BCUT2D eigenvalue weighted by molar-refractivity contribution is -0.323. The van der Waals surface area contributed by atoms with E-state index in [9.17, 15) is 29.4 Å². The molecular formula is C77H148O10. The molecule has 0 aliphatic rings. The maximum atomic E-state index is 14.1. The van der Waals surface area contributed by atoms with Crippen LogP contribution in [0.5, 0.6) is 0 Å². The number of unbranched alkanes of at least 4 members (excludes halogenated alkanes) is 56. The third-order valence-electron chi connectivity index (χ3n) is 18.4. The molecule has 0 heterocycles. The van der Waals surface area contributed by atoms with Gasteiger partial charge in [-0.25, -0.2) is 0 Å². The smallest absolute Gasteiger partial charge is 0.335 e. The molecule has 0 fully saturated rings. The molecule has 0 amide bonds. The summed E-state index contributed by atoms with van der Waals surface area (Å²) in [5, 5.41) is 22.6. The Balaban J connectivity index is 5.89. The molecule has 2 N–H and O–H groups in total. The summed E-state index contributed by atoms with van der Waals surface area (Å²) >= 11 is 0. The van der Waals surface area contributed by atoms with Crippen LogP contribution in [0.15, 0.2) is 0 Å². The van der Waals surface area contributed by atoms with E-state index >= 15 is 0 Å². The zero-order chi connectivity index (χ0) is 63.5. The van der Waals surface area contributed by atoms with Crippen LogP contribution in [0.3, 0.4) is 0 Å². The number of hydrogen-bond donors (Lipinski definition) is 2. The van der Waals surface area contributed by atoms with Crippen molar-refractivity contribution < 1.29 is 48.3 Å². The summed E-state index contributed by atoms with van der Waals surface area (Å²) in [6, 6.07) is 0. The summed E-state index contributed by atoms with van der Waals surface area (Å²) < 4.78 is 24.2. The first-order valence-electron chi connectivity index (χ1n) is 38.7. The third-order valence-corrected chi connectivity index (χ3v) is 18.4. The highest BCUT2D eigenvalue weighted by Crippen LogP contribution is 2.35. The minimum absolute atomic E-state index is 0.00475. The van der Waals surface area contributed by atoms with Crippen LogP contribution in [-0.2, 0) is 38.1 Å². The van der Waals surface area contributed by atoms with E-state index in [1.165, 1.54) is 263 Å². The van der Waals surface area contributed by atoms with Gasteiger partial charge in [-0.15, -0.1) is 0 Å². The van der Waals surface area contributed by atoms with E-state index < -0.39 is 55.1 Å². The lowest BCUT2D eigenvalue weighted by Crippen LogP contribution is -2.67. The molecule has 0 unspecified atom stereocenters. The zero-order valence-electron chi connectivity index (χ0n) is 58.5. The van der Waals surface area contributed by atoms with Crippen LogP contribution >= 0.6 is 0 Å². The van der Waals surface area contributed by atoms with Crippen LogP contribution in [0.2, 0.25) is 0 Å². The van der Waals surface area contributed by atoms with E-state index in [-0.39, 0.29) is 25.7 Å². The average Bonchev–Trinajstić information content (AvgIpc) is 1.14. The molecule has 0 radical (unpaired) electrons.